The van der Waals surface area contributed by atoms with Gasteiger partial charge in [0.2, 0.25) is 11.9 Å². The zero-order chi connectivity index (χ0) is 27.2. The summed E-state index contributed by atoms with van der Waals surface area (Å²) in [7, 11) is 0. The highest BCUT2D eigenvalue weighted by Gasteiger charge is 2.33. The fourth-order valence-electron chi connectivity index (χ4n) is 4.57. The van der Waals surface area contributed by atoms with E-state index in [0.717, 1.165) is 37.7 Å². The van der Waals surface area contributed by atoms with Gasteiger partial charge in [-0.2, -0.15) is 10.2 Å². The third-order valence-corrected chi connectivity index (χ3v) is 6.68. The number of morpholine rings is 1. The number of piperidine rings is 1. The van der Waals surface area contributed by atoms with Gasteiger partial charge in [-0.25, -0.2) is 14.4 Å². The Labute approximate surface area is 224 Å². The van der Waals surface area contributed by atoms with Crippen LogP contribution in [0.25, 0.3) is 11.4 Å². The van der Waals surface area contributed by atoms with E-state index in [1.54, 1.807) is 18.2 Å². The molecule has 2 aliphatic heterocycles. The zero-order valence-electron chi connectivity index (χ0n) is 21.2. The number of nitriles is 1. The number of rotatable bonds is 7. The number of ether oxygens (including phenoxy) is 2. The summed E-state index contributed by atoms with van der Waals surface area (Å²) < 4.78 is 25.9. The van der Waals surface area contributed by atoms with Crippen LogP contribution in [0.1, 0.15) is 12.0 Å². The quantitative estimate of drug-likeness (QED) is 0.465. The molecule has 0 bridgehead atoms. The van der Waals surface area contributed by atoms with Gasteiger partial charge in [-0.15, -0.1) is 0 Å². The molecular formula is C27H28FN7O4. The minimum absolute atomic E-state index is 0.166. The number of nitrogens with one attached hydrogen (secondary N) is 1. The van der Waals surface area contributed by atoms with Crippen molar-refractivity contribution < 1.29 is 23.8 Å². The van der Waals surface area contributed by atoms with Crippen LogP contribution in [-0.2, 0) is 9.53 Å². The van der Waals surface area contributed by atoms with Gasteiger partial charge in [0.15, 0.2) is 12.0 Å². The van der Waals surface area contributed by atoms with Crippen LogP contribution >= 0.6 is 0 Å². The molecule has 0 aliphatic carbocycles. The van der Waals surface area contributed by atoms with Crippen LogP contribution in [-0.4, -0.2) is 89.1 Å². The number of carbonyl (C=O) groups is 1. The first-order chi connectivity index (χ1) is 19.0. The predicted octanol–water partition coefficient (Wildman–Crippen LogP) is 2.30. The number of anilines is 3. The Morgan fingerprint density at radius 2 is 1.97 bits per heavy atom. The van der Waals surface area contributed by atoms with Gasteiger partial charge in [0.05, 0.1) is 25.3 Å². The molecular weight excluding hydrogens is 505 g/mol. The molecule has 1 amide bonds. The number of amides is 1. The van der Waals surface area contributed by atoms with Crippen molar-refractivity contribution in [3.8, 4) is 23.2 Å². The number of alkyl halides is 1. The first-order valence-corrected chi connectivity index (χ1v) is 12.7. The molecule has 2 saturated heterocycles. The Bertz CT molecular complexity index is 1340. The van der Waals surface area contributed by atoms with E-state index in [0.29, 0.717) is 17.3 Å². The van der Waals surface area contributed by atoms with E-state index >= 15 is 0 Å². The lowest BCUT2D eigenvalue weighted by Crippen LogP contribution is -2.50. The summed E-state index contributed by atoms with van der Waals surface area (Å²) in [5.41, 5.74) is 2.72. The second-order valence-electron chi connectivity index (χ2n) is 9.19. The second kappa shape index (κ2) is 12.0. The summed E-state index contributed by atoms with van der Waals surface area (Å²) in [5.74, 6) is 0.431. The van der Waals surface area contributed by atoms with Crippen molar-refractivity contribution >= 4 is 23.2 Å². The van der Waals surface area contributed by atoms with Crippen LogP contribution in [0.4, 0.5) is 21.7 Å². The second-order valence-corrected chi connectivity index (χ2v) is 9.19. The fourth-order valence-corrected chi connectivity index (χ4v) is 4.57. The van der Waals surface area contributed by atoms with E-state index in [1.807, 2.05) is 24.3 Å². The van der Waals surface area contributed by atoms with Crippen molar-refractivity contribution in [2.24, 2.45) is 0 Å². The normalized spacial score (nSPS) is 19.3. The number of nitrogens with zero attached hydrogens (tertiary/aromatic N) is 6. The highest BCUT2D eigenvalue weighted by Crippen LogP contribution is 2.29. The maximum Gasteiger partial charge on any atom is 0.248 e. The van der Waals surface area contributed by atoms with Crippen LogP contribution in [0.5, 0.6) is 5.75 Å². The van der Waals surface area contributed by atoms with Crippen LogP contribution in [0, 0.1) is 11.3 Å². The number of carbonyl (C=O) groups excluding carboxylic acids is 1. The Balaban J connectivity index is 1.26. The van der Waals surface area contributed by atoms with E-state index in [9.17, 15) is 14.4 Å². The molecule has 0 spiro atoms. The zero-order valence-corrected chi connectivity index (χ0v) is 21.2. The number of aliphatic hydroxyl groups excluding tert-OH is 1. The molecule has 12 heteroatoms. The van der Waals surface area contributed by atoms with Gasteiger partial charge in [-0.1, -0.05) is 0 Å². The lowest BCUT2D eigenvalue weighted by atomic mass is 10.0. The van der Waals surface area contributed by atoms with Crippen molar-refractivity contribution in [2.75, 3.05) is 56.2 Å². The number of aromatic nitrogens is 3. The summed E-state index contributed by atoms with van der Waals surface area (Å²) in [6.07, 6.45) is -0.623. The van der Waals surface area contributed by atoms with Gasteiger partial charge in [0.25, 0.3) is 0 Å². The molecule has 1 aromatic heterocycles. The summed E-state index contributed by atoms with van der Waals surface area (Å²) in [4.78, 5) is 28.1. The number of hydrogen-bond acceptors (Lipinski definition) is 10. The van der Waals surface area contributed by atoms with Gasteiger partial charge in [0, 0.05) is 43.0 Å². The molecule has 3 aromatic rings. The highest BCUT2D eigenvalue weighted by atomic mass is 19.1. The Kier molecular flexibility index (Phi) is 8.10. The van der Waals surface area contributed by atoms with E-state index in [4.69, 9.17) is 14.6 Å². The van der Waals surface area contributed by atoms with Crippen LogP contribution in [0.3, 0.4) is 0 Å². The average Bonchev–Trinajstić information content (AvgIpc) is 2.99. The molecule has 2 atom stereocenters. The predicted molar refractivity (Wildman–Crippen MR) is 140 cm³/mol. The molecule has 39 heavy (non-hydrogen) atoms. The Morgan fingerprint density at radius 3 is 2.69 bits per heavy atom. The van der Waals surface area contributed by atoms with Crippen molar-refractivity contribution in [3.05, 3.63) is 54.4 Å². The van der Waals surface area contributed by atoms with Crippen molar-refractivity contribution in [2.45, 2.75) is 18.7 Å². The Morgan fingerprint density at radius 1 is 1.18 bits per heavy atom. The van der Waals surface area contributed by atoms with Crippen molar-refractivity contribution in [1.29, 1.82) is 5.26 Å². The molecule has 0 unspecified atom stereocenters. The summed E-state index contributed by atoms with van der Waals surface area (Å²) in [5, 5.41) is 21.9. The Hall–Kier alpha value is -4.34. The van der Waals surface area contributed by atoms with Gasteiger partial charge < -0.3 is 29.7 Å². The third-order valence-electron chi connectivity index (χ3n) is 6.68. The lowest BCUT2D eigenvalue weighted by Gasteiger charge is -2.34. The fraction of sp³-hybridized carbons (Fsp3) is 0.370. The smallest absolute Gasteiger partial charge is 0.248 e. The maximum absolute atomic E-state index is 14.7. The van der Waals surface area contributed by atoms with Crippen LogP contribution < -0.4 is 15.0 Å². The van der Waals surface area contributed by atoms with Gasteiger partial charge in [-0.3, -0.25) is 4.79 Å². The number of hydrogen-bond donors (Lipinski definition) is 2. The number of halogens is 1. The van der Waals surface area contributed by atoms with E-state index in [2.05, 4.69) is 31.2 Å². The molecule has 11 nitrogen and oxygen atoms in total. The standard InChI is InChI=1S/C27H28FN7O4/c28-22-15-35(25(37)16-36)8-7-24(22)39-23-6-1-18(13-19(23)14-29)26-30-17-31-27(33-26)32-20-2-4-21(5-3-20)34-9-11-38-12-10-34/h1-6,13,17,22,24,36H,7-12,15-16H2,(H,30,31,32,33)/t22-,24+/m1/s1. The molecule has 2 fully saturated rings. The van der Waals surface area contributed by atoms with Crippen molar-refractivity contribution in [1.82, 2.24) is 19.9 Å². The summed E-state index contributed by atoms with van der Waals surface area (Å²) in [6, 6.07) is 14.9. The topological polar surface area (TPSA) is 137 Å². The minimum Gasteiger partial charge on any atom is -0.486 e. The highest BCUT2D eigenvalue weighted by molar-refractivity contribution is 5.77. The van der Waals surface area contributed by atoms with Crippen molar-refractivity contribution in [3.63, 3.8) is 0 Å². The van der Waals surface area contributed by atoms with Gasteiger partial charge in [0.1, 0.15) is 30.9 Å². The largest absolute Gasteiger partial charge is 0.486 e. The molecule has 0 radical (unpaired) electrons. The van der Waals surface area contributed by atoms with Gasteiger partial charge >= 0.3 is 0 Å². The third kappa shape index (κ3) is 6.22. The van der Waals surface area contributed by atoms with E-state index in [-0.39, 0.29) is 30.8 Å². The first kappa shape index (κ1) is 26.3. The summed E-state index contributed by atoms with van der Waals surface area (Å²) >= 11 is 0. The maximum atomic E-state index is 14.7. The van der Waals surface area contributed by atoms with E-state index in [1.165, 1.54) is 11.2 Å². The summed E-state index contributed by atoms with van der Waals surface area (Å²) in [6.45, 7) is 2.60. The molecule has 2 aromatic carbocycles. The molecule has 2 N–H and O–H groups in total. The molecule has 5 rings (SSSR count). The van der Waals surface area contributed by atoms with Crippen LogP contribution in [0.2, 0.25) is 0 Å². The molecule has 2 aliphatic rings. The lowest BCUT2D eigenvalue weighted by molar-refractivity contribution is -0.138. The molecule has 202 valence electrons. The number of aliphatic hydroxyl groups is 1. The number of benzene rings is 2. The average molecular weight is 534 g/mol. The monoisotopic (exact) mass is 533 g/mol. The van der Waals surface area contributed by atoms with E-state index < -0.39 is 24.8 Å². The first-order valence-electron chi connectivity index (χ1n) is 12.7. The van der Waals surface area contributed by atoms with Gasteiger partial charge in [-0.05, 0) is 42.5 Å². The number of likely N-dealkylation sites (tertiary alicyclic amines) is 1. The molecule has 3 heterocycles. The minimum atomic E-state index is -1.44. The SMILES string of the molecule is N#Cc1cc(-c2ncnc(Nc3ccc(N4CCOCC4)cc3)n2)ccc1O[C@H]1CCN(C(=O)CO)C[C@H]1F. The molecule has 0 saturated carbocycles. The van der Waals surface area contributed by atoms with Crippen LogP contribution in [0.15, 0.2) is 48.8 Å².